The van der Waals surface area contributed by atoms with Gasteiger partial charge in [-0.15, -0.1) is 0 Å². The van der Waals surface area contributed by atoms with Crippen LogP contribution in [0.25, 0.3) is 0 Å². The zero-order chi connectivity index (χ0) is 59.7. The molecule has 19 heteroatoms. The molecule has 0 aliphatic carbocycles. The molecule has 0 aromatic rings. The Hall–Kier alpha value is -2.51. The van der Waals surface area contributed by atoms with Crippen molar-refractivity contribution in [2.45, 2.75) is 304 Å². The van der Waals surface area contributed by atoms with Crippen molar-refractivity contribution >= 4 is 5.91 Å². The van der Waals surface area contributed by atoms with Gasteiger partial charge in [0.05, 0.1) is 38.6 Å². The van der Waals surface area contributed by atoms with Crippen molar-refractivity contribution in [3.05, 3.63) is 60.8 Å². The third-order valence-corrected chi connectivity index (χ3v) is 15.6. The van der Waals surface area contributed by atoms with E-state index in [2.05, 4.69) is 79.9 Å². The number of carbonyl (C=O) groups excluding carboxylic acids is 1. The van der Waals surface area contributed by atoms with E-state index in [1.807, 2.05) is 0 Å². The number of aliphatic hydroxyl groups excluding tert-OH is 11. The van der Waals surface area contributed by atoms with E-state index in [0.717, 1.165) is 89.9 Å². The van der Waals surface area contributed by atoms with Crippen LogP contribution in [0.15, 0.2) is 60.8 Å². The lowest BCUT2D eigenvalue weighted by molar-refractivity contribution is -0.379. The zero-order valence-electron chi connectivity index (χ0n) is 49.7. The van der Waals surface area contributed by atoms with E-state index in [4.69, 9.17) is 28.4 Å². The number of carbonyl (C=O) groups is 1. The first-order valence-corrected chi connectivity index (χ1v) is 31.5. The van der Waals surface area contributed by atoms with E-state index < -0.39 is 124 Å². The Balaban J connectivity index is 1.37. The predicted molar refractivity (Wildman–Crippen MR) is 314 cm³/mol. The fraction of sp³-hybridized carbons (Fsp3) is 0.825. The summed E-state index contributed by atoms with van der Waals surface area (Å²) >= 11 is 0. The van der Waals surface area contributed by atoms with Crippen LogP contribution in [-0.2, 0) is 33.2 Å². The van der Waals surface area contributed by atoms with Gasteiger partial charge in [-0.1, -0.05) is 197 Å². The highest BCUT2D eigenvalue weighted by molar-refractivity contribution is 5.76. The highest BCUT2D eigenvalue weighted by Crippen LogP contribution is 2.33. The maximum atomic E-state index is 13.3. The molecule has 0 spiro atoms. The molecule has 0 radical (unpaired) electrons. The SMILES string of the molecule is CC/C=C\C/C=C\C/C=C\C/C=C\C/C=C\CCCCCCCCCCCCCCCC(=O)NC(COC1OC(CO)C(OC2OC(CO)C(OC3OC(CO)C(O)C(O)C3O)C(O)C2O)C(O)C1O)C(O)CCCCCCCCCC. The fourth-order valence-electron chi connectivity index (χ4n) is 10.5. The predicted octanol–water partition coefficient (Wildman–Crippen LogP) is 6.43. The summed E-state index contributed by atoms with van der Waals surface area (Å²) in [6, 6.07) is -0.887. The summed E-state index contributed by atoms with van der Waals surface area (Å²) in [5.41, 5.74) is 0. The van der Waals surface area contributed by atoms with Crippen LogP contribution < -0.4 is 5.32 Å². The summed E-state index contributed by atoms with van der Waals surface area (Å²) in [6.07, 6.45) is 26.3. The number of hydrogen-bond acceptors (Lipinski definition) is 18. The van der Waals surface area contributed by atoms with Gasteiger partial charge in [0.2, 0.25) is 5.91 Å². The normalized spacial score (nSPS) is 30.0. The summed E-state index contributed by atoms with van der Waals surface area (Å²) < 4.78 is 34.2. The summed E-state index contributed by atoms with van der Waals surface area (Å²) in [6.45, 7) is 1.62. The minimum absolute atomic E-state index is 0.250. The molecule has 3 aliphatic heterocycles. The molecule has 17 unspecified atom stereocenters. The van der Waals surface area contributed by atoms with Crippen LogP contribution in [0.4, 0.5) is 0 Å². The summed E-state index contributed by atoms with van der Waals surface area (Å²) in [5.74, 6) is -0.250. The Morgan fingerprint density at radius 1 is 0.451 bits per heavy atom. The van der Waals surface area contributed by atoms with Crippen molar-refractivity contribution in [1.82, 2.24) is 5.32 Å². The maximum absolute atomic E-state index is 13.3. The van der Waals surface area contributed by atoms with Crippen LogP contribution in [0.5, 0.6) is 0 Å². The van der Waals surface area contributed by atoms with E-state index in [-0.39, 0.29) is 18.9 Å². The number of nitrogens with one attached hydrogen (secondary N) is 1. The molecule has 0 bridgehead atoms. The second kappa shape index (κ2) is 45.8. The van der Waals surface area contributed by atoms with E-state index in [9.17, 15) is 61.0 Å². The second-order valence-corrected chi connectivity index (χ2v) is 22.5. The Morgan fingerprint density at radius 2 is 0.841 bits per heavy atom. The third-order valence-electron chi connectivity index (χ3n) is 15.6. The van der Waals surface area contributed by atoms with Crippen LogP contribution >= 0.6 is 0 Å². The average molecular weight is 1170 g/mol. The minimum atomic E-state index is -1.97. The standard InChI is InChI=1S/C63H111NO18/c1-3-5-7-9-11-13-14-15-16-17-18-19-20-21-22-23-24-25-26-27-28-29-30-31-32-33-35-37-39-41-51(69)64-46(47(68)40-38-36-34-12-10-8-6-4-2)45-77-61-57(75)54(72)59(49(43-66)79-61)82-63-58(76)55(73)60(50(44-67)80-63)81-62-56(74)53(71)52(70)48(42-65)78-62/h5,7,11,13,15-16,18-19,21-22,46-50,52-63,65-68,70-76H,3-4,6,8-10,12,14,17,20,23-45H2,1-2H3,(H,64,69)/b7-5-,13-11-,16-15-,19-18-,22-21-. The van der Waals surface area contributed by atoms with Crippen molar-refractivity contribution < 1.29 is 89.4 Å². The van der Waals surface area contributed by atoms with Crippen LogP contribution in [0.3, 0.4) is 0 Å². The lowest BCUT2D eigenvalue weighted by atomic mass is 9.96. The summed E-state index contributed by atoms with van der Waals surface area (Å²) in [4.78, 5) is 13.3. The van der Waals surface area contributed by atoms with Crippen LogP contribution in [0, 0.1) is 0 Å². The van der Waals surface area contributed by atoms with Gasteiger partial charge in [-0.25, -0.2) is 0 Å². The third kappa shape index (κ3) is 28.8. The highest BCUT2D eigenvalue weighted by atomic mass is 16.8. The van der Waals surface area contributed by atoms with E-state index >= 15 is 0 Å². The first kappa shape index (κ1) is 73.7. The van der Waals surface area contributed by atoms with Gasteiger partial charge >= 0.3 is 0 Å². The van der Waals surface area contributed by atoms with Gasteiger partial charge in [0, 0.05) is 6.42 Å². The lowest BCUT2D eigenvalue weighted by Crippen LogP contribution is -2.66. The molecular formula is C63H111NO18. The van der Waals surface area contributed by atoms with E-state index in [1.54, 1.807) is 0 Å². The lowest BCUT2D eigenvalue weighted by Gasteiger charge is -2.48. The molecule has 0 aromatic carbocycles. The molecule has 476 valence electrons. The molecule has 12 N–H and O–H groups in total. The Bertz CT molecular complexity index is 1730. The largest absolute Gasteiger partial charge is 0.394 e. The van der Waals surface area contributed by atoms with Gasteiger partial charge in [0.1, 0.15) is 73.2 Å². The Labute approximate surface area is 490 Å². The Kier molecular flexibility index (Phi) is 41.2. The molecule has 19 nitrogen and oxygen atoms in total. The summed E-state index contributed by atoms with van der Waals surface area (Å²) in [5, 5.41) is 120. The number of unbranched alkanes of at least 4 members (excludes halogenated alkanes) is 20. The molecule has 3 heterocycles. The van der Waals surface area contributed by atoms with Gasteiger partial charge < -0.3 is 89.9 Å². The maximum Gasteiger partial charge on any atom is 0.220 e. The van der Waals surface area contributed by atoms with Crippen molar-refractivity contribution in [2.75, 3.05) is 26.4 Å². The van der Waals surface area contributed by atoms with Crippen molar-refractivity contribution in [3.8, 4) is 0 Å². The van der Waals surface area contributed by atoms with Crippen molar-refractivity contribution in [3.63, 3.8) is 0 Å². The van der Waals surface area contributed by atoms with Gasteiger partial charge in [-0.2, -0.15) is 0 Å². The van der Waals surface area contributed by atoms with Crippen molar-refractivity contribution in [1.29, 1.82) is 0 Å². The average Bonchev–Trinajstić information content (AvgIpc) is 3.60. The number of aliphatic hydroxyl groups is 11. The van der Waals surface area contributed by atoms with Crippen molar-refractivity contribution in [2.24, 2.45) is 0 Å². The number of rotatable bonds is 46. The zero-order valence-corrected chi connectivity index (χ0v) is 49.7. The molecular weight excluding hydrogens is 1060 g/mol. The van der Waals surface area contributed by atoms with E-state index in [0.29, 0.717) is 12.8 Å². The second-order valence-electron chi connectivity index (χ2n) is 22.5. The molecule has 3 aliphatic rings. The number of hydrogen-bond donors (Lipinski definition) is 12. The minimum Gasteiger partial charge on any atom is -0.394 e. The quantitative estimate of drug-likeness (QED) is 0.0231. The number of allylic oxidation sites excluding steroid dienone is 10. The van der Waals surface area contributed by atoms with Crippen LogP contribution in [0.2, 0.25) is 0 Å². The smallest absolute Gasteiger partial charge is 0.220 e. The van der Waals surface area contributed by atoms with Gasteiger partial charge in [0.15, 0.2) is 18.9 Å². The first-order valence-electron chi connectivity index (χ1n) is 31.5. The number of amides is 1. The van der Waals surface area contributed by atoms with E-state index in [1.165, 1.54) is 77.0 Å². The molecule has 1 amide bonds. The highest BCUT2D eigenvalue weighted by Gasteiger charge is 2.53. The Morgan fingerprint density at radius 3 is 1.32 bits per heavy atom. The molecule has 0 aromatic heterocycles. The summed E-state index contributed by atoms with van der Waals surface area (Å²) in [7, 11) is 0. The fourth-order valence-corrected chi connectivity index (χ4v) is 10.5. The molecule has 82 heavy (non-hydrogen) atoms. The first-order chi connectivity index (χ1) is 39.8. The topological polar surface area (TPSA) is 307 Å². The molecule has 3 rings (SSSR count). The van der Waals surface area contributed by atoms with Gasteiger partial charge in [-0.05, 0) is 57.8 Å². The molecule has 3 fully saturated rings. The van der Waals surface area contributed by atoms with Crippen LogP contribution in [0.1, 0.15) is 200 Å². The number of ether oxygens (including phenoxy) is 6. The van der Waals surface area contributed by atoms with Crippen LogP contribution in [-0.4, -0.2) is 193 Å². The molecule has 3 saturated heterocycles. The van der Waals surface area contributed by atoms with Gasteiger partial charge in [-0.3, -0.25) is 4.79 Å². The monoisotopic (exact) mass is 1170 g/mol. The molecule has 0 saturated carbocycles. The molecule has 17 atom stereocenters. The van der Waals surface area contributed by atoms with Gasteiger partial charge in [0.25, 0.3) is 0 Å².